The van der Waals surface area contributed by atoms with E-state index in [0.717, 1.165) is 23.7 Å². The molecule has 2 aromatic rings. The van der Waals surface area contributed by atoms with Crippen molar-refractivity contribution in [3.8, 4) is 0 Å². The molecule has 3 aliphatic heterocycles. The van der Waals surface area contributed by atoms with E-state index in [1.165, 1.54) is 38.1 Å². The van der Waals surface area contributed by atoms with E-state index in [1.807, 2.05) is 0 Å². The van der Waals surface area contributed by atoms with Crippen LogP contribution in [0.1, 0.15) is 12.8 Å². The highest BCUT2D eigenvalue weighted by Gasteiger charge is 2.34. The minimum atomic E-state index is -0.293. The predicted molar refractivity (Wildman–Crippen MR) is 77.8 cm³/mol. The molecule has 3 saturated heterocycles. The van der Waals surface area contributed by atoms with Crippen LogP contribution in [0.4, 0.5) is 10.2 Å². The summed E-state index contributed by atoms with van der Waals surface area (Å²) in [4.78, 5) is 2.49. The van der Waals surface area contributed by atoms with Crippen molar-refractivity contribution in [2.75, 3.05) is 25.0 Å². The largest absolute Gasteiger partial charge is 0.362 e. The van der Waals surface area contributed by atoms with E-state index in [1.54, 1.807) is 6.07 Å². The van der Waals surface area contributed by atoms with Crippen LogP contribution < -0.4 is 5.32 Å². The maximum atomic E-state index is 13.1. The number of fused-ring (bicyclic) bond motifs is 4. The number of hydrogen-bond acceptors (Lipinski definition) is 4. The van der Waals surface area contributed by atoms with E-state index in [9.17, 15) is 4.39 Å². The topological polar surface area (TPSA) is 41.3 Å². The first-order valence-electron chi connectivity index (χ1n) is 6.83. The maximum Gasteiger partial charge on any atom is 0.177 e. The minimum Gasteiger partial charge on any atom is -0.362 e. The fraction of sp³-hybridized carbons (Fsp3) is 0.500. The molecule has 1 aromatic carbocycles. The fourth-order valence-electron chi connectivity index (χ4n) is 3.32. The molecule has 0 saturated carbocycles. The Bertz CT molecular complexity index is 609. The first-order chi connectivity index (χ1) is 9.29. The van der Waals surface area contributed by atoms with Gasteiger partial charge < -0.3 is 14.7 Å². The predicted octanol–water partition coefficient (Wildman–Crippen LogP) is 2.89. The van der Waals surface area contributed by atoms with E-state index in [0.29, 0.717) is 11.6 Å². The average molecular weight is 298 g/mol. The summed E-state index contributed by atoms with van der Waals surface area (Å²) in [6.07, 6.45) is 2.50. The van der Waals surface area contributed by atoms with E-state index in [2.05, 4.69) is 15.4 Å². The van der Waals surface area contributed by atoms with Gasteiger partial charge in [-0.25, -0.2) is 4.39 Å². The Hall–Kier alpha value is -1.33. The Morgan fingerprint density at radius 3 is 2.80 bits per heavy atom. The van der Waals surface area contributed by atoms with Crippen molar-refractivity contribution in [1.29, 1.82) is 0 Å². The third-order valence-electron chi connectivity index (χ3n) is 4.41. The van der Waals surface area contributed by atoms with Gasteiger partial charge in [0.2, 0.25) is 0 Å². The Balaban J connectivity index is 0.00000121. The molecule has 1 atom stereocenters. The average Bonchev–Trinajstić information content (AvgIpc) is 2.82. The molecule has 3 aliphatic rings. The third kappa shape index (κ3) is 2.25. The highest BCUT2D eigenvalue weighted by molar-refractivity contribution is 5.88. The fourth-order valence-corrected chi connectivity index (χ4v) is 3.32. The summed E-state index contributed by atoms with van der Waals surface area (Å²) in [5.41, 5.74) is 0.503. The quantitative estimate of drug-likeness (QED) is 0.925. The number of piperidine rings is 3. The van der Waals surface area contributed by atoms with Gasteiger partial charge in [0, 0.05) is 18.7 Å². The van der Waals surface area contributed by atoms with Crippen molar-refractivity contribution in [3.63, 3.8) is 0 Å². The van der Waals surface area contributed by atoms with Crippen molar-refractivity contribution >= 4 is 29.2 Å². The van der Waals surface area contributed by atoms with Gasteiger partial charge in [0.1, 0.15) is 5.82 Å². The number of hydrogen-bond donors (Lipinski definition) is 1. The molecule has 1 aromatic heterocycles. The molecule has 0 aliphatic carbocycles. The molecule has 108 valence electrons. The SMILES string of the molecule is Cl.Fc1ccc2c(N[C@H]3CN4CCC3CC4)noc2c1. The lowest BCUT2D eigenvalue weighted by Gasteiger charge is -2.44. The highest BCUT2D eigenvalue weighted by Crippen LogP contribution is 2.31. The second-order valence-electron chi connectivity index (χ2n) is 5.56. The van der Waals surface area contributed by atoms with E-state index >= 15 is 0 Å². The molecule has 3 fully saturated rings. The summed E-state index contributed by atoms with van der Waals surface area (Å²) in [7, 11) is 0. The second-order valence-corrected chi connectivity index (χ2v) is 5.56. The lowest BCUT2D eigenvalue weighted by Crippen LogP contribution is -2.53. The molecule has 0 unspecified atom stereocenters. The molecule has 0 amide bonds. The second kappa shape index (κ2) is 5.22. The van der Waals surface area contributed by atoms with Crippen LogP contribution in [0, 0.1) is 11.7 Å². The zero-order valence-electron chi connectivity index (χ0n) is 11.0. The van der Waals surface area contributed by atoms with Crippen molar-refractivity contribution in [2.45, 2.75) is 18.9 Å². The van der Waals surface area contributed by atoms with Crippen molar-refractivity contribution in [2.24, 2.45) is 5.92 Å². The number of aromatic nitrogens is 1. The van der Waals surface area contributed by atoms with Crippen LogP contribution in [0.3, 0.4) is 0 Å². The number of nitrogens with one attached hydrogen (secondary N) is 1. The maximum absolute atomic E-state index is 13.1. The Labute approximate surface area is 122 Å². The van der Waals surface area contributed by atoms with Crippen LogP contribution in [0.5, 0.6) is 0 Å². The number of rotatable bonds is 2. The summed E-state index contributed by atoms with van der Waals surface area (Å²) in [6, 6.07) is 4.98. The van der Waals surface area contributed by atoms with Gasteiger partial charge in [-0.15, -0.1) is 12.4 Å². The summed E-state index contributed by atoms with van der Waals surface area (Å²) >= 11 is 0. The van der Waals surface area contributed by atoms with Gasteiger partial charge >= 0.3 is 0 Å². The lowest BCUT2D eigenvalue weighted by molar-refractivity contribution is 0.0973. The molecule has 1 N–H and O–H groups in total. The lowest BCUT2D eigenvalue weighted by atomic mass is 9.84. The van der Waals surface area contributed by atoms with Crippen LogP contribution in [-0.4, -0.2) is 35.7 Å². The molecule has 20 heavy (non-hydrogen) atoms. The number of halogens is 2. The summed E-state index contributed by atoms with van der Waals surface area (Å²) < 4.78 is 18.3. The van der Waals surface area contributed by atoms with Gasteiger partial charge in [-0.05, 0) is 44.0 Å². The minimum absolute atomic E-state index is 0. The van der Waals surface area contributed by atoms with Gasteiger partial charge in [-0.1, -0.05) is 5.16 Å². The normalized spacial score (nSPS) is 28.4. The van der Waals surface area contributed by atoms with Crippen molar-refractivity contribution in [1.82, 2.24) is 10.1 Å². The molecule has 2 bridgehead atoms. The molecular weight excluding hydrogens is 281 g/mol. The summed E-state index contributed by atoms with van der Waals surface area (Å²) in [6.45, 7) is 3.50. The van der Waals surface area contributed by atoms with E-state index in [-0.39, 0.29) is 18.2 Å². The highest BCUT2D eigenvalue weighted by atomic mass is 35.5. The number of anilines is 1. The van der Waals surface area contributed by atoms with E-state index < -0.39 is 0 Å². The van der Waals surface area contributed by atoms with Crippen LogP contribution >= 0.6 is 12.4 Å². The first-order valence-corrected chi connectivity index (χ1v) is 6.83. The molecule has 4 nitrogen and oxygen atoms in total. The number of benzene rings is 1. The van der Waals surface area contributed by atoms with Crippen LogP contribution in [0.25, 0.3) is 11.0 Å². The molecule has 5 rings (SSSR count). The Kier molecular flexibility index (Phi) is 3.56. The summed E-state index contributed by atoms with van der Waals surface area (Å²) in [5, 5.41) is 8.39. The van der Waals surface area contributed by atoms with Crippen LogP contribution in [0.15, 0.2) is 22.7 Å². The third-order valence-corrected chi connectivity index (χ3v) is 4.41. The first kappa shape index (κ1) is 13.6. The van der Waals surface area contributed by atoms with Crippen LogP contribution in [-0.2, 0) is 0 Å². The van der Waals surface area contributed by atoms with E-state index in [4.69, 9.17) is 4.52 Å². The zero-order chi connectivity index (χ0) is 12.8. The zero-order valence-corrected chi connectivity index (χ0v) is 11.8. The molecule has 4 heterocycles. The Morgan fingerprint density at radius 1 is 1.30 bits per heavy atom. The molecule has 0 spiro atoms. The standard InChI is InChI=1S/C14H16FN3O.ClH/c15-10-1-2-11-13(7-10)19-17-14(11)16-12-8-18-5-3-9(12)4-6-18;/h1-2,7,9,12H,3-6,8H2,(H,16,17);1H/t12-;/m0./s1. The summed E-state index contributed by atoms with van der Waals surface area (Å²) in [5.74, 6) is 1.17. The van der Waals surface area contributed by atoms with Gasteiger partial charge in [-0.2, -0.15) is 0 Å². The Morgan fingerprint density at radius 2 is 2.10 bits per heavy atom. The molecule has 0 radical (unpaired) electrons. The smallest absolute Gasteiger partial charge is 0.177 e. The monoisotopic (exact) mass is 297 g/mol. The molecular formula is C14H17ClFN3O. The van der Waals surface area contributed by atoms with Gasteiger partial charge in [0.15, 0.2) is 11.4 Å². The van der Waals surface area contributed by atoms with Crippen molar-refractivity contribution < 1.29 is 8.91 Å². The van der Waals surface area contributed by atoms with Gasteiger partial charge in [-0.3, -0.25) is 0 Å². The van der Waals surface area contributed by atoms with Gasteiger partial charge in [0.05, 0.1) is 5.39 Å². The van der Waals surface area contributed by atoms with Gasteiger partial charge in [0.25, 0.3) is 0 Å². The number of nitrogens with zero attached hydrogens (tertiary/aromatic N) is 2. The van der Waals surface area contributed by atoms with Crippen molar-refractivity contribution in [3.05, 3.63) is 24.0 Å². The van der Waals surface area contributed by atoms with Crippen LogP contribution in [0.2, 0.25) is 0 Å². The molecule has 6 heteroatoms.